The molecule has 0 unspecified atom stereocenters. The van der Waals surface area contributed by atoms with Crippen LogP contribution in [0, 0.1) is 24.0 Å². The zero-order chi connectivity index (χ0) is 17.3. The van der Waals surface area contributed by atoms with Crippen molar-refractivity contribution in [3.63, 3.8) is 0 Å². The summed E-state index contributed by atoms with van der Waals surface area (Å²) in [5, 5.41) is 28.2. The Balaban J connectivity index is 1.89. The van der Waals surface area contributed by atoms with E-state index in [-0.39, 0.29) is 22.8 Å². The van der Waals surface area contributed by atoms with E-state index in [4.69, 9.17) is 4.52 Å². The highest BCUT2D eigenvalue weighted by Crippen LogP contribution is 2.35. The van der Waals surface area contributed by atoms with E-state index in [1.807, 2.05) is 13.0 Å². The van der Waals surface area contributed by atoms with Crippen LogP contribution in [0.1, 0.15) is 37.1 Å². The number of nitrogens with one attached hydrogen (secondary N) is 1. The number of nitro groups is 1. The Morgan fingerprint density at radius 3 is 2.58 bits per heavy atom. The lowest BCUT2D eigenvalue weighted by atomic mass is 9.93. The van der Waals surface area contributed by atoms with E-state index < -0.39 is 0 Å². The zero-order valence-electron chi connectivity index (χ0n) is 13.8. The molecular formula is C17H21N3O4. The average molecular weight is 331 g/mol. The summed E-state index contributed by atoms with van der Waals surface area (Å²) < 4.78 is 5.15. The number of aromatic nitrogens is 1. The third-order valence-corrected chi connectivity index (χ3v) is 4.57. The molecule has 0 radical (unpaired) electrons. The molecule has 0 bridgehead atoms. The molecule has 1 aromatic heterocycles. The quantitative estimate of drug-likeness (QED) is 0.656. The number of nitrogens with zero attached hydrogens (tertiary/aromatic N) is 2. The summed E-state index contributed by atoms with van der Waals surface area (Å²) in [6.07, 6.45) is 2.82. The van der Waals surface area contributed by atoms with Gasteiger partial charge in [-0.15, -0.1) is 0 Å². The maximum atomic E-state index is 11.5. The lowest BCUT2D eigenvalue weighted by Gasteiger charge is -2.26. The largest absolute Gasteiger partial charge is 0.393 e. The van der Waals surface area contributed by atoms with Crippen LogP contribution in [0.4, 0.5) is 11.4 Å². The Kier molecular flexibility index (Phi) is 4.53. The van der Waals surface area contributed by atoms with Gasteiger partial charge in [-0.2, -0.15) is 0 Å². The molecule has 1 aromatic carbocycles. The third-order valence-electron chi connectivity index (χ3n) is 4.57. The second-order valence-electron chi connectivity index (χ2n) is 6.34. The first-order chi connectivity index (χ1) is 11.5. The van der Waals surface area contributed by atoms with Crippen molar-refractivity contribution >= 4 is 11.4 Å². The molecule has 0 spiro atoms. The third kappa shape index (κ3) is 3.26. The minimum atomic E-state index is -0.373. The highest BCUT2D eigenvalue weighted by atomic mass is 16.6. The van der Waals surface area contributed by atoms with Crippen LogP contribution in [0.25, 0.3) is 11.1 Å². The number of aliphatic hydroxyl groups is 1. The molecule has 0 amide bonds. The number of aryl methyl sites for hydroxylation is 2. The summed E-state index contributed by atoms with van der Waals surface area (Å²) in [6, 6.07) is 5.30. The van der Waals surface area contributed by atoms with E-state index in [0.717, 1.165) is 36.8 Å². The molecule has 0 atom stereocenters. The summed E-state index contributed by atoms with van der Waals surface area (Å²) in [7, 11) is 0. The molecule has 1 heterocycles. The Bertz CT molecular complexity index is 729. The smallest absolute Gasteiger partial charge is 0.292 e. The highest BCUT2D eigenvalue weighted by Gasteiger charge is 2.23. The Hall–Kier alpha value is -2.41. The Morgan fingerprint density at radius 2 is 2.00 bits per heavy atom. The van der Waals surface area contributed by atoms with Gasteiger partial charge in [-0.25, -0.2) is 0 Å². The van der Waals surface area contributed by atoms with Crippen LogP contribution in [0.3, 0.4) is 0 Å². The number of hydrogen-bond acceptors (Lipinski definition) is 6. The van der Waals surface area contributed by atoms with Gasteiger partial charge >= 0.3 is 0 Å². The standard InChI is InChI=1S/C17H21N3O4/c1-10-17(11(2)24-19-10)12-3-8-15(16(9-12)20(22)23)18-13-4-6-14(21)7-5-13/h3,8-9,13-14,18,21H,4-7H2,1-2H3. The van der Waals surface area contributed by atoms with Gasteiger partial charge in [-0.1, -0.05) is 11.2 Å². The first-order valence-electron chi connectivity index (χ1n) is 8.12. The number of hydrogen-bond donors (Lipinski definition) is 2. The second-order valence-corrected chi connectivity index (χ2v) is 6.34. The monoisotopic (exact) mass is 331 g/mol. The lowest BCUT2D eigenvalue weighted by Crippen LogP contribution is -2.28. The van der Waals surface area contributed by atoms with Crippen LogP contribution in [0.2, 0.25) is 0 Å². The fourth-order valence-electron chi connectivity index (χ4n) is 3.30. The molecule has 1 saturated carbocycles. The number of nitro benzene ring substituents is 1. The summed E-state index contributed by atoms with van der Waals surface area (Å²) in [5.74, 6) is 0.642. The van der Waals surface area contributed by atoms with Crippen molar-refractivity contribution in [2.45, 2.75) is 51.7 Å². The van der Waals surface area contributed by atoms with E-state index >= 15 is 0 Å². The fraction of sp³-hybridized carbons (Fsp3) is 0.471. The number of benzene rings is 1. The molecule has 1 fully saturated rings. The van der Waals surface area contributed by atoms with Crippen LogP contribution >= 0.6 is 0 Å². The molecule has 128 valence electrons. The molecule has 3 rings (SSSR count). The van der Waals surface area contributed by atoms with Crippen molar-refractivity contribution < 1.29 is 14.6 Å². The SMILES string of the molecule is Cc1noc(C)c1-c1ccc(NC2CCC(O)CC2)c([N+](=O)[O-])c1. The number of aliphatic hydroxyl groups excluding tert-OH is 1. The van der Waals surface area contributed by atoms with Gasteiger partial charge in [0, 0.05) is 17.7 Å². The van der Waals surface area contributed by atoms with Gasteiger partial charge < -0.3 is 14.9 Å². The first kappa shape index (κ1) is 16.4. The van der Waals surface area contributed by atoms with Gasteiger partial charge in [0.25, 0.3) is 5.69 Å². The topological polar surface area (TPSA) is 101 Å². The van der Waals surface area contributed by atoms with Gasteiger partial charge in [0.2, 0.25) is 0 Å². The fourth-order valence-corrected chi connectivity index (χ4v) is 3.30. The Morgan fingerprint density at radius 1 is 1.29 bits per heavy atom. The summed E-state index contributed by atoms with van der Waals surface area (Å²) in [5.41, 5.74) is 2.78. The lowest BCUT2D eigenvalue weighted by molar-refractivity contribution is -0.383. The normalized spacial score (nSPS) is 20.8. The maximum Gasteiger partial charge on any atom is 0.292 e. The first-order valence-corrected chi connectivity index (χ1v) is 8.12. The average Bonchev–Trinajstić information content (AvgIpc) is 2.89. The van der Waals surface area contributed by atoms with E-state index in [0.29, 0.717) is 17.1 Å². The summed E-state index contributed by atoms with van der Waals surface area (Å²) in [6.45, 7) is 3.61. The highest BCUT2D eigenvalue weighted by molar-refractivity contribution is 5.75. The molecule has 0 aliphatic heterocycles. The second kappa shape index (κ2) is 6.60. The molecule has 2 aromatic rings. The predicted octanol–water partition coefficient (Wildman–Crippen LogP) is 3.58. The molecule has 7 heteroatoms. The van der Waals surface area contributed by atoms with Gasteiger partial charge in [0.15, 0.2) is 0 Å². The van der Waals surface area contributed by atoms with Gasteiger partial charge in [-0.05, 0) is 51.2 Å². The number of rotatable bonds is 4. The molecule has 1 aliphatic carbocycles. The summed E-state index contributed by atoms with van der Waals surface area (Å²) in [4.78, 5) is 11.1. The van der Waals surface area contributed by atoms with Crippen molar-refractivity contribution in [1.82, 2.24) is 5.16 Å². The zero-order valence-corrected chi connectivity index (χ0v) is 13.8. The molecule has 1 aliphatic rings. The molecule has 2 N–H and O–H groups in total. The van der Waals surface area contributed by atoms with Gasteiger partial charge in [0.1, 0.15) is 11.4 Å². The Labute approximate surface area is 139 Å². The predicted molar refractivity (Wildman–Crippen MR) is 90.0 cm³/mol. The van der Waals surface area contributed by atoms with E-state index in [2.05, 4.69) is 10.5 Å². The van der Waals surface area contributed by atoms with Crippen LogP contribution in [0.15, 0.2) is 22.7 Å². The molecular weight excluding hydrogens is 310 g/mol. The van der Waals surface area contributed by atoms with Crippen LogP contribution in [-0.2, 0) is 0 Å². The van der Waals surface area contributed by atoms with Crippen molar-refractivity contribution in [3.8, 4) is 11.1 Å². The van der Waals surface area contributed by atoms with Crippen LogP contribution in [-0.4, -0.2) is 27.3 Å². The van der Waals surface area contributed by atoms with Crippen molar-refractivity contribution in [3.05, 3.63) is 39.8 Å². The van der Waals surface area contributed by atoms with E-state index in [9.17, 15) is 15.2 Å². The maximum absolute atomic E-state index is 11.5. The van der Waals surface area contributed by atoms with E-state index in [1.54, 1.807) is 19.1 Å². The van der Waals surface area contributed by atoms with Crippen molar-refractivity contribution in [1.29, 1.82) is 0 Å². The minimum absolute atomic E-state index is 0.0404. The summed E-state index contributed by atoms with van der Waals surface area (Å²) >= 11 is 0. The van der Waals surface area contributed by atoms with E-state index in [1.165, 1.54) is 0 Å². The van der Waals surface area contributed by atoms with Crippen LogP contribution in [0.5, 0.6) is 0 Å². The molecule has 24 heavy (non-hydrogen) atoms. The van der Waals surface area contributed by atoms with Gasteiger partial charge in [0.05, 0.1) is 16.7 Å². The molecule has 7 nitrogen and oxygen atoms in total. The minimum Gasteiger partial charge on any atom is -0.393 e. The van der Waals surface area contributed by atoms with Crippen molar-refractivity contribution in [2.75, 3.05) is 5.32 Å². The number of anilines is 1. The molecule has 0 saturated heterocycles. The van der Waals surface area contributed by atoms with Gasteiger partial charge in [-0.3, -0.25) is 10.1 Å². The van der Waals surface area contributed by atoms with Crippen LogP contribution < -0.4 is 5.32 Å². The van der Waals surface area contributed by atoms with Crippen molar-refractivity contribution in [2.24, 2.45) is 0 Å².